The van der Waals surface area contributed by atoms with Gasteiger partial charge in [0.25, 0.3) is 0 Å². The van der Waals surface area contributed by atoms with Crippen LogP contribution in [0.3, 0.4) is 0 Å². The molecule has 0 aliphatic carbocycles. The molecule has 0 aliphatic rings. The lowest BCUT2D eigenvalue weighted by Gasteiger charge is -1.98. The normalized spacial score (nSPS) is 9.92. The van der Waals surface area contributed by atoms with Gasteiger partial charge in [-0.1, -0.05) is 5.16 Å². The van der Waals surface area contributed by atoms with Crippen molar-refractivity contribution in [3.8, 4) is 17.1 Å². The molecule has 1 heterocycles. The Morgan fingerprint density at radius 3 is 2.46 bits per heavy atom. The molecule has 0 N–H and O–H groups in total. The maximum atomic E-state index is 4.99. The fraction of sp³-hybridized carbons (Fsp3) is 0. The van der Waals surface area contributed by atoms with Gasteiger partial charge in [-0.15, -0.1) is 0 Å². The maximum absolute atomic E-state index is 4.99. The Morgan fingerprint density at radius 2 is 1.92 bits per heavy atom. The van der Waals surface area contributed by atoms with E-state index in [1.54, 1.807) is 12.3 Å². The van der Waals surface area contributed by atoms with E-state index >= 15 is 0 Å². The second-order valence-electron chi connectivity index (χ2n) is 2.55. The Labute approximate surface area is 75.9 Å². The van der Waals surface area contributed by atoms with Crippen LogP contribution in [-0.2, 0) is 0 Å². The van der Waals surface area contributed by atoms with Crippen molar-refractivity contribution in [1.82, 2.24) is 5.16 Å². The molecule has 0 amide bonds. The molecule has 2 rings (SSSR count). The van der Waals surface area contributed by atoms with Gasteiger partial charge in [0.05, 0.1) is 6.20 Å². The molecule has 0 spiro atoms. The van der Waals surface area contributed by atoms with Crippen molar-refractivity contribution in [3.05, 3.63) is 43.6 Å². The second kappa shape index (κ2) is 3.31. The Morgan fingerprint density at radius 1 is 1.15 bits per heavy atom. The summed E-state index contributed by atoms with van der Waals surface area (Å²) in [7, 11) is 3.31. The highest BCUT2D eigenvalue weighted by molar-refractivity contribution is 5.57. The molecule has 1 aromatic carbocycles. The zero-order chi connectivity index (χ0) is 9.10. The molecular weight excluding hydrogens is 166 g/mol. The second-order valence-corrected chi connectivity index (χ2v) is 2.55. The van der Waals surface area contributed by atoms with Gasteiger partial charge < -0.3 is 9.26 Å². The quantitative estimate of drug-likeness (QED) is 0.701. The van der Waals surface area contributed by atoms with E-state index in [0.717, 1.165) is 17.1 Å². The number of rotatable bonds is 2. The number of benzene rings is 1. The van der Waals surface area contributed by atoms with Crippen molar-refractivity contribution in [2.75, 3.05) is 0 Å². The highest BCUT2D eigenvalue weighted by atomic mass is 16.5. The molecule has 0 atom stereocenters. The summed E-state index contributed by atoms with van der Waals surface area (Å²) in [6, 6.07) is 9.23. The molecule has 3 heteroatoms. The fourth-order valence-corrected chi connectivity index (χ4v) is 1.08. The molecule has 2 aromatic rings. The third kappa shape index (κ3) is 1.54. The topological polar surface area (TPSA) is 35.3 Å². The Hall–Kier alpha value is -1.77. The highest BCUT2D eigenvalue weighted by Crippen LogP contribution is 2.21. The fourth-order valence-electron chi connectivity index (χ4n) is 1.08. The summed E-state index contributed by atoms with van der Waals surface area (Å²) >= 11 is 0. The van der Waals surface area contributed by atoms with E-state index < -0.39 is 0 Å². The molecule has 1 radical (unpaired) electrons. The first-order valence-corrected chi connectivity index (χ1v) is 3.83. The van der Waals surface area contributed by atoms with Crippen LogP contribution in [0.25, 0.3) is 11.3 Å². The van der Waals surface area contributed by atoms with Gasteiger partial charge in [-0.3, -0.25) is 0 Å². The minimum atomic E-state index is 0.725. The summed E-state index contributed by atoms with van der Waals surface area (Å²) < 4.78 is 9.78. The lowest BCUT2D eigenvalue weighted by molar-refractivity contribution is 0.432. The van der Waals surface area contributed by atoms with Crippen LogP contribution in [0.4, 0.5) is 0 Å². The molecule has 65 valence electrons. The van der Waals surface area contributed by atoms with Crippen molar-refractivity contribution in [2.45, 2.75) is 0 Å². The first-order valence-electron chi connectivity index (χ1n) is 3.83. The summed E-state index contributed by atoms with van der Waals surface area (Å²) in [5, 5.41) is 3.62. The summed E-state index contributed by atoms with van der Waals surface area (Å²) in [6.07, 6.45) is 1.61. The van der Waals surface area contributed by atoms with E-state index in [2.05, 4.69) is 12.3 Å². The lowest BCUT2D eigenvalue weighted by Crippen LogP contribution is -1.78. The molecule has 0 bridgehead atoms. The smallest absolute Gasteiger partial charge is 0.166 e. The van der Waals surface area contributed by atoms with Gasteiger partial charge in [-0.05, 0) is 24.3 Å². The van der Waals surface area contributed by atoms with Crippen LogP contribution >= 0.6 is 0 Å². The third-order valence-corrected chi connectivity index (χ3v) is 1.74. The zero-order valence-electron chi connectivity index (χ0n) is 6.93. The summed E-state index contributed by atoms with van der Waals surface area (Å²) in [4.78, 5) is 0. The van der Waals surface area contributed by atoms with E-state index in [0.29, 0.717) is 0 Å². The monoisotopic (exact) mass is 174 g/mol. The number of aromatic nitrogens is 1. The van der Waals surface area contributed by atoms with Crippen LogP contribution in [0, 0.1) is 7.11 Å². The first-order chi connectivity index (χ1) is 6.40. The molecular formula is C10H8NO2. The molecule has 13 heavy (non-hydrogen) atoms. The summed E-state index contributed by atoms with van der Waals surface area (Å²) in [5.41, 5.74) is 0.971. The van der Waals surface area contributed by atoms with Crippen molar-refractivity contribution in [2.24, 2.45) is 0 Å². The Kier molecular flexibility index (Phi) is 2.00. The molecule has 1 aromatic heterocycles. The third-order valence-electron chi connectivity index (χ3n) is 1.74. The van der Waals surface area contributed by atoms with Crippen LogP contribution < -0.4 is 4.74 Å². The molecule has 0 fully saturated rings. The number of hydrogen-bond donors (Lipinski definition) is 0. The van der Waals surface area contributed by atoms with E-state index in [9.17, 15) is 0 Å². The largest absolute Gasteiger partial charge is 0.490 e. The predicted octanol–water partition coefficient (Wildman–Crippen LogP) is 2.51. The van der Waals surface area contributed by atoms with Gasteiger partial charge in [0.15, 0.2) is 5.76 Å². The maximum Gasteiger partial charge on any atom is 0.166 e. The molecule has 0 aliphatic heterocycles. The SMILES string of the molecule is [CH2]Oc1ccc(-c2ccno2)cc1. The van der Waals surface area contributed by atoms with Gasteiger partial charge in [0, 0.05) is 11.6 Å². The minimum absolute atomic E-state index is 0.725. The van der Waals surface area contributed by atoms with Crippen molar-refractivity contribution >= 4 is 0 Å². The number of nitrogens with zero attached hydrogens (tertiary/aromatic N) is 1. The Bertz CT molecular complexity index is 364. The molecule has 3 nitrogen and oxygen atoms in total. The number of hydrogen-bond acceptors (Lipinski definition) is 3. The van der Waals surface area contributed by atoms with Crippen molar-refractivity contribution < 1.29 is 9.26 Å². The van der Waals surface area contributed by atoms with E-state index in [1.165, 1.54) is 0 Å². The molecule has 0 saturated carbocycles. The molecule has 0 saturated heterocycles. The average Bonchev–Trinajstić information content (AvgIpc) is 2.71. The first kappa shape index (κ1) is 7.86. The number of ether oxygens (including phenoxy) is 1. The van der Waals surface area contributed by atoms with Crippen LogP contribution in [0.1, 0.15) is 0 Å². The van der Waals surface area contributed by atoms with Gasteiger partial charge >= 0.3 is 0 Å². The zero-order valence-corrected chi connectivity index (χ0v) is 6.93. The van der Waals surface area contributed by atoms with E-state index in [1.807, 2.05) is 24.3 Å². The lowest BCUT2D eigenvalue weighted by atomic mass is 10.2. The Balaban J connectivity index is 2.33. The van der Waals surface area contributed by atoms with Crippen LogP contribution in [0.5, 0.6) is 5.75 Å². The van der Waals surface area contributed by atoms with Crippen LogP contribution in [-0.4, -0.2) is 5.16 Å². The van der Waals surface area contributed by atoms with Crippen LogP contribution in [0.15, 0.2) is 41.1 Å². The predicted molar refractivity (Wildman–Crippen MR) is 47.9 cm³/mol. The minimum Gasteiger partial charge on any atom is -0.490 e. The van der Waals surface area contributed by atoms with Crippen molar-refractivity contribution in [3.63, 3.8) is 0 Å². The standard InChI is InChI=1S/C10H8NO2/c1-12-9-4-2-8(3-5-9)10-6-7-11-13-10/h2-7H,1H2. The van der Waals surface area contributed by atoms with E-state index in [4.69, 9.17) is 9.26 Å². The highest BCUT2D eigenvalue weighted by Gasteiger charge is 2.00. The average molecular weight is 174 g/mol. The van der Waals surface area contributed by atoms with Gasteiger partial charge in [-0.25, -0.2) is 0 Å². The van der Waals surface area contributed by atoms with Gasteiger partial charge in [-0.2, -0.15) is 0 Å². The van der Waals surface area contributed by atoms with Gasteiger partial charge in [0.2, 0.25) is 0 Å². The van der Waals surface area contributed by atoms with Crippen molar-refractivity contribution in [1.29, 1.82) is 0 Å². The summed E-state index contributed by atoms with van der Waals surface area (Å²) in [6.45, 7) is 0. The van der Waals surface area contributed by atoms with Crippen LogP contribution in [0.2, 0.25) is 0 Å². The summed E-state index contributed by atoms with van der Waals surface area (Å²) in [5.74, 6) is 1.47. The van der Waals surface area contributed by atoms with Gasteiger partial charge in [0.1, 0.15) is 12.9 Å². The van der Waals surface area contributed by atoms with E-state index in [-0.39, 0.29) is 0 Å². The molecule has 0 unspecified atom stereocenters.